The largest absolute Gasteiger partial charge is 0.496 e. The molecule has 2 aromatic rings. The van der Waals surface area contributed by atoms with E-state index in [0.29, 0.717) is 12.1 Å². The lowest BCUT2D eigenvalue weighted by atomic mass is 10.1. The van der Waals surface area contributed by atoms with Crippen LogP contribution in [0.5, 0.6) is 5.75 Å². The van der Waals surface area contributed by atoms with E-state index in [1.165, 1.54) is 11.1 Å². The molecule has 1 amide bonds. The van der Waals surface area contributed by atoms with E-state index in [1.54, 1.807) is 13.2 Å². The highest BCUT2D eigenvalue weighted by atomic mass is 16.5. The van der Waals surface area contributed by atoms with Crippen LogP contribution in [0.3, 0.4) is 0 Å². The zero-order chi connectivity index (χ0) is 17.8. The van der Waals surface area contributed by atoms with Gasteiger partial charge in [-0.15, -0.1) is 0 Å². The van der Waals surface area contributed by atoms with Crippen LogP contribution in [0.15, 0.2) is 53.2 Å². The zero-order valence-electron chi connectivity index (χ0n) is 14.8. The number of carbonyl (C=O) groups is 1. The third kappa shape index (κ3) is 4.15. The molecule has 3 rings (SSSR count). The van der Waals surface area contributed by atoms with Gasteiger partial charge < -0.3 is 10.1 Å². The molecule has 128 valence electrons. The predicted octanol–water partition coefficient (Wildman–Crippen LogP) is 3.81. The van der Waals surface area contributed by atoms with Gasteiger partial charge >= 0.3 is 0 Å². The van der Waals surface area contributed by atoms with Gasteiger partial charge in [-0.1, -0.05) is 35.9 Å². The van der Waals surface area contributed by atoms with E-state index in [2.05, 4.69) is 41.5 Å². The van der Waals surface area contributed by atoms with Crippen LogP contribution in [0.2, 0.25) is 0 Å². The molecule has 0 saturated carbocycles. The molecule has 2 aromatic carbocycles. The number of hydrogen-bond acceptors (Lipinski definition) is 3. The molecular formula is C21H22N2O2. The molecule has 1 N–H and O–H groups in total. The summed E-state index contributed by atoms with van der Waals surface area (Å²) in [5.74, 6) is 1.41. The number of benzene rings is 2. The van der Waals surface area contributed by atoms with Gasteiger partial charge in [-0.25, -0.2) is 4.99 Å². The Bertz CT molecular complexity index is 866. The number of nitrogens with zero attached hydrogens (tertiary/aromatic N) is 1. The lowest BCUT2D eigenvalue weighted by Crippen LogP contribution is -2.24. The summed E-state index contributed by atoms with van der Waals surface area (Å²) in [6.07, 6.45) is 3.38. The molecule has 4 nitrogen and oxygen atoms in total. The van der Waals surface area contributed by atoms with Gasteiger partial charge in [0.2, 0.25) is 0 Å². The second kappa shape index (κ2) is 7.34. The van der Waals surface area contributed by atoms with Crippen molar-refractivity contribution in [2.24, 2.45) is 4.99 Å². The Hall–Kier alpha value is -2.88. The molecule has 4 heteroatoms. The van der Waals surface area contributed by atoms with E-state index in [4.69, 9.17) is 4.74 Å². The highest BCUT2D eigenvalue weighted by Crippen LogP contribution is 2.21. The maximum Gasteiger partial charge on any atom is 0.275 e. The van der Waals surface area contributed by atoms with Crippen molar-refractivity contribution in [2.75, 3.05) is 7.11 Å². The molecule has 1 heterocycles. The minimum absolute atomic E-state index is 0.146. The fourth-order valence-electron chi connectivity index (χ4n) is 2.92. The number of carbonyl (C=O) groups excluding carboxylic acids is 1. The van der Waals surface area contributed by atoms with Crippen molar-refractivity contribution in [1.82, 2.24) is 5.32 Å². The van der Waals surface area contributed by atoms with Crippen molar-refractivity contribution in [3.05, 3.63) is 70.4 Å². The van der Waals surface area contributed by atoms with Gasteiger partial charge in [0, 0.05) is 6.42 Å². The van der Waals surface area contributed by atoms with E-state index in [-0.39, 0.29) is 5.91 Å². The molecule has 0 unspecified atom stereocenters. The fourth-order valence-corrected chi connectivity index (χ4v) is 2.92. The average molecular weight is 334 g/mol. The molecule has 0 atom stereocenters. The van der Waals surface area contributed by atoms with Crippen LogP contribution in [0.1, 0.15) is 28.7 Å². The normalized spacial score (nSPS) is 15.2. The summed E-state index contributed by atoms with van der Waals surface area (Å²) in [6.45, 7) is 4.06. The predicted molar refractivity (Wildman–Crippen MR) is 101 cm³/mol. The number of aryl methyl sites for hydroxylation is 3. The third-order valence-electron chi connectivity index (χ3n) is 4.20. The van der Waals surface area contributed by atoms with Gasteiger partial charge in [0.1, 0.15) is 17.3 Å². The summed E-state index contributed by atoms with van der Waals surface area (Å²) < 4.78 is 5.26. The lowest BCUT2D eigenvalue weighted by Gasteiger charge is -2.04. The Balaban J connectivity index is 1.72. The average Bonchev–Trinajstić information content (AvgIpc) is 2.93. The molecule has 25 heavy (non-hydrogen) atoms. The van der Waals surface area contributed by atoms with Crippen LogP contribution in [-0.2, 0) is 11.2 Å². The Morgan fingerprint density at radius 1 is 1.12 bits per heavy atom. The number of amides is 1. The van der Waals surface area contributed by atoms with E-state index < -0.39 is 0 Å². The second-order valence-electron chi connectivity index (χ2n) is 6.26. The molecule has 0 fully saturated rings. The first-order valence-corrected chi connectivity index (χ1v) is 8.36. The van der Waals surface area contributed by atoms with E-state index in [1.807, 2.05) is 25.1 Å². The maximum atomic E-state index is 12.1. The monoisotopic (exact) mass is 334 g/mol. The van der Waals surface area contributed by atoms with Gasteiger partial charge in [0.05, 0.1) is 7.11 Å². The van der Waals surface area contributed by atoms with Gasteiger partial charge in [0.25, 0.3) is 5.91 Å². The number of nitrogens with one attached hydrogen (secondary N) is 1. The number of methoxy groups -OCH3 is 1. The first-order valence-electron chi connectivity index (χ1n) is 8.36. The topological polar surface area (TPSA) is 50.7 Å². The quantitative estimate of drug-likeness (QED) is 0.845. The summed E-state index contributed by atoms with van der Waals surface area (Å²) in [6, 6.07) is 14.2. The molecule has 0 radical (unpaired) electrons. The van der Waals surface area contributed by atoms with Crippen molar-refractivity contribution in [3.8, 4) is 5.75 Å². The zero-order valence-corrected chi connectivity index (χ0v) is 14.8. The molecule has 0 spiro atoms. The van der Waals surface area contributed by atoms with Crippen LogP contribution in [0, 0.1) is 13.8 Å². The third-order valence-corrected chi connectivity index (χ3v) is 4.20. The van der Waals surface area contributed by atoms with Gasteiger partial charge in [-0.2, -0.15) is 0 Å². The molecule has 0 bridgehead atoms. The van der Waals surface area contributed by atoms with Crippen LogP contribution < -0.4 is 10.1 Å². The molecule has 1 aliphatic heterocycles. The van der Waals surface area contributed by atoms with Crippen LogP contribution in [0.25, 0.3) is 6.08 Å². The number of amidine groups is 1. The first kappa shape index (κ1) is 17.0. The lowest BCUT2D eigenvalue weighted by molar-refractivity contribution is -0.115. The van der Waals surface area contributed by atoms with Crippen molar-refractivity contribution < 1.29 is 9.53 Å². The Labute approximate surface area is 148 Å². The van der Waals surface area contributed by atoms with Crippen molar-refractivity contribution in [3.63, 3.8) is 0 Å². The van der Waals surface area contributed by atoms with Gasteiger partial charge in [0.15, 0.2) is 0 Å². The molecular weight excluding hydrogens is 312 g/mol. The highest BCUT2D eigenvalue weighted by molar-refractivity contribution is 6.14. The number of aliphatic imine (C=N–C) groups is 1. The second-order valence-corrected chi connectivity index (χ2v) is 6.26. The highest BCUT2D eigenvalue weighted by Gasteiger charge is 2.19. The van der Waals surface area contributed by atoms with E-state index in [0.717, 1.165) is 29.1 Å². The molecule has 1 aliphatic rings. The van der Waals surface area contributed by atoms with Crippen molar-refractivity contribution in [1.29, 1.82) is 0 Å². The van der Waals surface area contributed by atoms with Crippen molar-refractivity contribution >= 4 is 17.8 Å². The summed E-state index contributed by atoms with van der Waals surface area (Å²) >= 11 is 0. The molecule has 0 aliphatic carbocycles. The fraction of sp³-hybridized carbons (Fsp3) is 0.238. The summed E-state index contributed by atoms with van der Waals surface area (Å²) in [4.78, 5) is 16.6. The Kier molecular flexibility index (Phi) is 4.98. The van der Waals surface area contributed by atoms with Crippen LogP contribution in [-0.4, -0.2) is 18.9 Å². The Morgan fingerprint density at radius 3 is 2.68 bits per heavy atom. The summed E-state index contributed by atoms with van der Waals surface area (Å²) in [7, 11) is 1.65. The minimum Gasteiger partial charge on any atom is -0.496 e. The minimum atomic E-state index is -0.146. The number of hydrogen-bond donors (Lipinski definition) is 1. The van der Waals surface area contributed by atoms with E-state index >= 15 is 0 Å². The van der Waals surface area contributed by atoms with Gasteiger partial charge in [-0.05, 0) is 55.2 Å². The SMILES string of the molecule is COc1ccc(/C=C2/N=C(CCc3cccc(C)c3)NC2=O)cc1C. The molecule has 0 saturated heterocycles. The molecule has 0 aromatic heterocycles. The number of ether oxygens (including phenoxy) is 1. The Morgan fingerprint density at radius 2 is 1.96 bits per heavy atom. The van der Waals surface area contributed by atoms with Gasteiger partial charge in [-0.3, -0.25) is 4.79 Å². The van der Waals surface area contributed by atoms with Crippen LogP contribution in [0.4, 0.5) is 0 Å². The van der Waals surface area contributed by atoms with E-state index in [9.17, 15) is 4.79 Å². The van der Waals surface area contributed by atoms with Crippen LogP contribution >= 0.6 is 0 Å². The first-order chi connectivity index (χ1) is 12.0. The summed E-state index contributed by atoms with van der Waals surface area (Å²) in [5, 5.41) is 2.86. The van der Waals surface area contributed by atoms with Crippen molar-refractivity contribution in [2.45, 2.75) is 26.7 Å². The summed E-state index contributed by atoms with van der Waals surface area (Å²) in [5.41, 5.74) is 4.90. The standard InChI is InChI=1S/C21H22N2O2/c1-14-5-4-6-16(11-14)8-10-20-22-18(21(24)23-20)13-17-7-9-19(25-3)15(2)12-17/h4-7,9,11-13H,8,10H2,1-3H3,(H,22,23,24)/b18-13+. The smallest absolute Gasteiger partial charge is 0.275 e. The number of rotatable bonds is 5. The maximum absolute atomic E-state index is 12.1.